The van der Waals surface area contributed by atoms with E-state index in [0.29, 0.717) is 19.0 Å². The molecule has 0 radical (unpaired) electrons. The number of likely N-dealkylation sites (N-methyl/N-ethyl adjacent to an activating group) is 2. The van der Waals surface area contributed by atoms with E-state index in [1.165, 1.54) is 0 Å². The molecule has 1 aliphatic carbocycles. The summed E-state index contributed by atoms with van der Waals surface area (Å²) in [4.78, 5) is 44.2. The maximum Gasteiger partial charge on any atom is 0.490 e. The van der Waals surface area contributed by atoms with Crippen molar-refractivity contribution in [2.24, 2.45) is 16.8 Å². The second kappa shape index (κ2) is 8.29. The molecule has 2 aliphatic heterocycles. The fourth-order valence-corrected chi connectivity index (χ4v) is 4.40. The number of likely N-dealkylation sites (tertiary alicyclic amines) is 1. The lowest BCUT2D eigenvalue weighted by atomic mass is 9.85. The van der Waals surface area contributed by atoms with Crippen LogP contribution in [0.15, 0.2) is 4.99 Å². The third-order valence-electron chi connectivity index (χ3n) is 5.81. The summed E-state index contributed by atoms with van der Waals surface area (Å²) >= 11 is 0. The molecule has 11 heteroatoms. The zero-order valence-electron chi connectivity index (χ0n) is 17.0. The minimum atomic E-state index is -5.08. The maximum absolute atomic E-state index is 12.9. The normalized spacial score (nSPS) is 28.9. The first kappa shape index (κ1) is 23.1. The summed E-state index contributed by atoms with van der Waals surface area (Å²) in [5.74, 6) is -0.834. The molecule has 0 aromatic heterocycles. The standard InChI is InChI=1S/C16H26N4O2.C2HF3O2/c1-5-20-11(2)17-16(15(20)22)7-6-12-8-19(9-13(12)16)10-14(21)18(3)4;3-2(4,5)1(6)7/h12-13H,5-10H2,1-4H3;(H,6,7)/t12-,13+,16-;/m1./s1. The summed E-state index contributed by atoms with van der Waals surface area (Å²) in [7, 11) is 3.57. The third-order valence-corrected chi connectivity index (χ3v) is 5.81. The fraction of sp³-hybridized carbons (Fsp3) is 0.778. The average molecular weight is 420 g/mol. The molecule has 2 heterocycles. The van der Waals surface area contributed by atoms with Gasteiger partial charge in [0.25, 0.3) is 5.91 Å². The van der Waals surface area contributed by atoms with Crippen molar-refractivity contribution in [3.63, 3.8) is 0 Å². The Balaban J connectivity index is 0.000000370. The molecule has 2 fully saturated rings. The molecule has 8 nitrogen and oxygen atoms in total. The van der Waals surface area contributed by atoms with Crippen LogP contribution < -0.4 is 0 Å². The van der Waals surface area contributed by atoms with Crippen LogP contribution in [0.1, 0.15) is 26.7 Å². The average Bonchev–Trinajstić information content (AvgIpc) is 3.22. The number of aliphatic carboxylic acids is 1. The number of alkyl halides is 3. The zero-order valence-corrected chi connectivity index (χ0v) is 17.0. The molecular formula is C18H27F3N4O4. The van der Waals surface area contributed by atoms with Gasteiger partial charge in [0.1, 0.15) is 11.4 Å². The molecule has 29 heavy (non-hydrogen) atoms. The topological polar surface area (TPSA) is 93.5 Å². The van der Waals surface area contributed by atoms with Gasteiger partial charge in [-0.05, 0) is 32.6 Å². The van der Waals surface area contributed by atoms with Gasteiger partial charge < -0.3 is 10.0 Å². The Hall–Kier alpha value is -2.17. The van der Waals surface area contributed by atoms with Gasteiger partial charge in [0.05, 0.1) is 6.54 Å². The number of carbonyl (C=O) groups is 3. The van der Waals surface area contributed by atoms with Gasteiger partial charge in [0, 0.05) is 39.6 Å². The quantitative estimate of drug-likeness (QED) is 0.737. The first-order valence-corrected chi connectivity index (χ1v) is 9.44. The summed E-state index contributed by atoms with van der Waals surface area (Å²) in [6.07, 6.45) is -3.18. The Morgan fingerprint density at radius 3 is 2.34 bits per heavy atom. The first-order valence-electron chi connectivity index (χ1n) is 9.44. The molecule has 1 saturated carbocycles. The number of halogens is 3. The minimum absolute atomic E-state index is 0.127. The van der Waals surface area contributed by atoms with Crippen molar-refractivity contribution in [3.05, 3.63) is 0 Å². The first-order chi connectivity index (χ1) is 13.3. The number of aliphatic imine (C=N–C) groups is 1. The number of carboxylic acid groups (broad SMARTS) is 1. The maximum atomic E-state index is 12.9. The number of hydrogen-bond donors (Lipinski definition) is 1. The van der Waals surface area contributed by atoms with Gasteiger partial charge in [-0.25, -0.2) is 4.79 Å². The fourth-order valence-electron chi connectivity index (χ4n) is 4.40. The van der Waals surface area contributed by atoms with Gasteiger partial charge in [-0.2, -0.15) is 13.2 Å². The lowest BCUT2D eigenvalue weighted by Crippen LogP contribution is -2.47. The molecule has 164 valence electrons. The largest absolute Gasteiger partial charge is 0.490 e. The molecule has 3 rings (SSSR count). The highest BCUT2D eigenvalue weighted by Gasteiger charge is 2.60. The van der Waals surface area contributed by atoms with E-state index < -0.39 is 17.7 Å². The number of carboxylic acids is 1. The smallest absolute Gasteiger partial charge is 0.475 e. The van der Waals surface area contributed by atoms with E-state index >= 15 is 0 Å². The molecule has 0 aromatic carbocycles. The van der Waals surface area contributed by atoms with Gasteiger partial charge >= 0.3 is 12.1 Å². The van der Waals surface area contributed by atoms with Crippen molar-refractivity contribution in [1.82, 2.24) is 14.7 Å². The molecule has 3 aliphatic rings. The highest BCUT2D eigenvalue weighted by atomic mass is 19.4. The number of nitrogens with zero attached hydrogens (tertiary/aromatic N) is 4. The molecule has 2 amide bonds. The highest BCUT2D eigenvalue weighted by Crippen LogP contribution is 2.50. The number of rotatable bonds is 3. The molecule has 0 aromatic rings. The van der Waals surface area contributed by atoms with Gasteiger partial charge in [-0.3, -0.25) is 24.4 Å². The van der Waals surface area contributed by atoms with Crippen LogP contribution in [0, 0.1) is 11.8 Å². The zero-order chi connectivity index (χ0) is 22.1. The van der Waals surface area contributed by atoms with Gasteiger partial charge in [0.15, 0.2) is 0 Å². The van der Waals surface area contributed by atoms with Crippen molar-refractivity contribution in [1.29, 1.82) is 0 Å². The van der Waals surface area contributed by atoms with E-state index in [1.54, 1.807) is 19.0 Å². The van der Waals surface area contributed by atoms with Crippen LogP contribution in [0.2, 0.25) is 0 Å². The van der Waals surface area contributed by atoms with E-state index in [0.717, 1.165) is 31.8 Å². The molecule has 1 saturated heterocycles. The summed E-state index contributed by atoms with van der Waals surface area (Å²) in [5, 5.41) is 7.12. The van der Waals surface area contributed by atoms with Crippen molar-refractivity contribution in [3.8, 4) is 0 Å². The third kappa shape index (κ3) is 4.54. The van der Waals surface area contributed by atoms with Crippen LogP contribution in [-0.2, 0) is 14.4 Å². The molecular weight excluding hydrogens is 393 g/mol. The number of amidine groups is 1. The molecule has 1 N–H and O–H groups in total. The van der Waals surface area contributed by atoms with Crippen molar-refractivity contribution < 1.29 is 32.7 Å². The second-order valence-electron chi connectivity index (χ2n) is 7.82. The predicted molar refractivity (Wildman–Crippen MR) is 98.3 cm³/mol. The van der Waals surface area contributed by atoms with Crippen molar-refractivity contribution in [2.75, 3.05) is 40.3 Å². The van der Waals surface area contributed by atoms with Gasteiger partial charge in [-0.15, -0.1) is 0 Å². The SMILES string of the molecule is CCN1C(=O)[C@]2(CC[C@@H]3CN(CC(=O)N(C)C)C[C@@H]32)N=C1C.O=C(O)C(F)(F)F. The van der Waals surface area contributed by atoms with Crippen molar-refractivity contribution in [2.45, 2.75) is 38.4 Å². The van der Waals surface area contributed by atoms with E-state index in [4.69, 9.17) is 14.9 Å². The molecule has 0 bridgehead atoms. The Morgan fingerprint density at radius 2 is 1.90 bits per heavy atom. The summed E-state index contributed by atoms with van der Waals surface area (Å²) in [6.45, 7) is 6.80. The van der Waals surface area contributed by atoms with E-state index in [2.05, 4.69) is 4.90 Å². The number of amides is 2. The summed E-state index contributed by atoms with van der Waals surface area (Å²) in [5.41, 5.74) is -0.541. The summed E-state index contributed by atoms with van der Waals surface area (Å²) < 4.78 is 31.7. The van der Waals surface area contributed by atoms with E-state index in [1.807, 2.05) is 18.7 Å². The second-order valence-corrected chi connectivity index (χ2v) is 7.82. The van der Waals surface area contributed by atoms with Crippen LogP contribution in [0.25, 0.3) is 0 Å². The van der Waals surface area contributed by atoms with Crippen LogP contribution in [-0.4, -0.2) is 95.4 Å². The van der Waals surface area contributed by atoms with Gasteiger partial charge in [-0.1, -0.05) is 0 Å². The van der Waals surface area contributed by atoms with Crippen molar-refractivity contribution >= 4 is 23.6 Å². The van der Waals surface area contributed by atoms with Crippen LogP contribution in [0.4, 0.5) is 13.2 Å². The highest BCUT2D eigenvalue weighted by molar-refractivity contribution is 6.07. The molecule has 1 spiro atoms. The van der Waals surface area contributed by atoms with Crippen LogP contribution in [0.5, 0.6) is 0 Å². The monoisotopic (exact) mass is 420 g/mol. The van der Waals surface area contributed by atoms with Gasteiger partial charge in [0.2, 0.25) is 5.91 Å². The van der Waals surface area contributed by atoms with E-state index in [-0.39, 0.29) is 17.7 Å². The predicted octanol–water partition coefficient (Wildman–Crippen LogP) is 1.07. The minimum Gasteiger partial charge on any atom is -0.475 e. The molecule has 0 unspecified atom stereocenters. The molecule has 3 atom stereocenters. The number of hydrogen-bond acceptors (Lipinski definition) is 5. The Morgan fingerprint density at radius 1 is 1.31 bits per heavy atom. The Labute approximate surface area is 167 Å². The van der Waals surface area contributed by atoms with E-state index in [9.17, 15) is 22.8 Å². The van der Waals surface area contributed by atoms with Crippen LogP contribution in [0.3, 0.4) is 0 Å². The number of carbonyl (C=O) groups excluding carboxylic acids is 2. The Bertz CT molecular complexity index is 710. The summed E-state index contributed by atoms with van der Waals surface area (Å²) in [6, 6.07) is 0. The Kier molecular flexibility index (Phi) is 6.61. The number of fused-ring (bicyclic) bond motifs is 2. The van der Waals surface area contributed by atoms with Crippen LogP contribution >= 0.6 is 0 Å². The lowest BCUT2D eigenvalue weighted by molar-refractivity contribution is -0.192. The lowest BCUT2D eigenvalue weighted by Gasteiger charge is -2.28.